The third-order valence-corrected chi connectivity index (χ3v) is 6.16. The summed E-state index contributed by atoms with van der Waals surface area (Å²) in [5, 5.41) is 5.68. The van der Waals surface area contributed by atoms with E-state index in [0.29, 0.717) is 23.1 Å². The van der Waals surface area contributed by atoms with E-state index < -0.39 is 0 Å². The topological polar surface area (TPSA) is 55.1 Å². The van der Waals surface area contributed by atoms with Crippen LogP contribution in [0.3, 0.4) is 0 Å². The van der Waals surface area contributed by atoms with E-state index >= 15 is 0 Å². The molecule has 2 heterocycles. The number of thioether (sulfide) groups is 1. The predicted octanol–water partition coefficient (Wildman–Crippen LogP) is 5.42. The Bertz CT molecular complexity index is 1050. The summed E-state index contributed by atoms with van der Waals surface area (Å²) in [7, 11) is 0. The van der Waals surface area contributed by atoms with E-state index in [9.17, 15) is 4.79 Å². The number of nitrogens with one attached hydrogen (secondary N) is 1. The van der Waals surface area contributed by atoms with Gasteiger partial charge in [-0.05, 0) is 47.7 Å². The molecule has 4 aromatic rings. The van der Waals surface area contributed by atoms with Crippen LogP contribution in [0.1, 0.15) is 26.4 Å². The van der Waals surface area contributed by atoms with Gasteiger partial charge in [-0.2, -0.15) is 0 Å². The molecule has 0 saturated heterocycles. The summed E-state index contributed by atoms with van der Waals surface area (Å²) in [6.07, 6.45) is 0. The number of hydrogen-bond donors (Lipinski definition) is 1. The summed E-state index contributed by atoms with van der Waals surface area (Å²) in [6.45, 7) is 2.61. The lowest BCUT2D eigenvalue weighted by molar-refractivity contribution is 0.0950. The van der Waals surface area contributed by atoms with Gasteiger partial charge in [0.15, 0.2) is 5.58 Å². The summed E-state index contributed by atoms with van der Waals surface area (Å²) in [5.41, 5.74) is 4.48. The van der Waals surface area contributed by atoms with Crippen LogP contribution >= 0.6 is 23.1 Å². The van der Waals surface area contributed by atoms with Crippen molar-refractivity contribution in [2.75, 3.05) is 0 Å². The third-order valence-electron chi connectivity index (χ3n) is 4.27. The molecule has 27 heavy (non-hydrogen) atoms. The van der Waals surface area contributed by atoms with Gasteiger partial charge in [-0.3, -0.25) is 4.79 Å². The van der Waals surface area contributed by atoms with Gasteiger partial charge in [-0.1, -0.05) is 42.1 Å². The highest BCUT2D eigenvalue weighted by molar-refractivity contribution is 7.98. The van der Waals surface area contributed by atoms with E-state index in [1.807, 2.05) is 53.9 Å². The summed E-state index contributed by atoms with van der Waals surface area (Å²) in [4.78, 5) is 18.3. The summed E-state index contributed by atoms with van der Waals surface area (Å²) >= 11 is 3.15. The lowest BCUT2D eigenvalue weighted by Gasteiger charge is -2.09. The Morgan fingerprint density at radius 1 is 1.15 bits per heavy atom. The van der Waals surface area contributed by atoms with Crippen molar-refractivity contribution < 1.29 is 9.21 Å². The molecule has 0 saturated carbocycles. The maximum absolute atomic E-state index is 12.7. The summed E-state index contributed by atoms with van der Waals surface area (Å²) < 4.78 is 5.75. The molecule has 0 aliphatic carbocycles. The van der Waals surface area contributed by atoms with Crippen LogP contribution in [0.4, 0.5) is 0 Å². The number of hydrogen-bond acceptors (Lipinski definition) is 5. The number of fused-ring (bicyclic) bond motifs is 1. The lowest BCUT2D eigenvalue weighted by atomic mass is 10.1. The molecular formula is C21H18N2O2S2. The molecular weight excluding hydrogens is 376 g/mol. The molecule has 1 amide bonds. The van der Waals surface area contributed by atoms with Gasteiger partial charge in [0, 0.05) is 16.2 Å². The molecule has 0 aliphatic heterocycles. The number of carbonyl (C=O) groups excluding carboxylic acids is 1. The van der Waals surface area contributed by atoms with Crippen LogP contribution in [-0.4, -0.2) is 10.9 Å². The number of benzene rings is 2. The quantitative estimate of drug-likeness (QED) is 0.444. The first-order valence-corrected chi connectivity index (χ1v) is 10.4. The largest absolute Gasteiger partial charge is 0.431 e. The van der Waals surface area contributed by atoms with Crippen LogP contribution in [0.25, 0.3) is 11.1 Å². The van der Waals surface area contributed by atoms with Gasteiger partial charge in [0.25, 0.3) is 11.1 Å². The van der Waals surface area contributed by atoms with Crippen molar-refractivity contribution in [2.24, 2.45) is 0 Å². The number of nitrogens with zero attached hydrogens (tertiary/aromatic N) is 1. The Morgan fingerprint density at radius 3 is 2.78 bits per heavy atom. The summed E-state index contributed by atoms with van der Waals surface area (Å²) in [5.74, 6) is 0.561. The van der Waals surface area contributed by atoms with Gasteiger partial charge in [-0.25, -0.2) is 4.98 Å². The second-order valence-electron chi connectivity index (χ2n) is 6.10. The monoisotopic (exact) mass is 394 g/mol. The molecule has 0 fully saturated rings. The first-order chi connectivity index (χ1) is 13.2. The van der Waals surface area contributed by atoms with E-state index in [1.165, 1.54) is 22.2 Å². The van der Waals surface area contributed by atoms with Gasteiger partial charge in [0.1, 0.15) is 5.52 Å². The van der Waals surface area contributed by atoms with Crippen molar-refractivity contribution in [3.63, 3.8) is 0 Å². The second-order valence-corrected chi connectivity index (χ2v) is 8.03. The number of amides is 1. The number of aryl methyl sites for hydroxylation is 1. The first-order valence-electron chi connectivity index (χ1n) is 8.58. The molecule has 0 radical (unpaired) electrons. The Morgan fingerprint density at radius 2 is 1.96 bits per heavy atom. The molecule has 136 valence electrons. The molecule has 1 N–H and O–H groups in total. The predicted molar refractivity (Wildman–Crippen MR) is 110 cm³/mol. The van der Waals surface area contributed by atoms with Crippen LogP contribution in [0.2, 0.25) is 0 Å². The van der Waals surface area contributed by atoms with Crippen LogP contribution in [-0.2, 0) is 12.3 Å². The number of aromatic nitrogens is 1. The van der Waals surface area contributed by atoms with Crippen molar-refractivity contribution in [2.45, 2.75) is 24.4 Å². The number of oxazole rings is 1. The minimum atomic E-state index is -0.0587. The lowest BCUT2D eigenvalue weighted by Crippen LogP contribution is -2.23. The van der Waals surface area contributed by atoms with Crippen molar-refractivity contribution in [1.29, 1.82) is 0 Å². The van der Waals surface area contributed by atoms with E-state index in [2.05, 4.69) is 23.3 Å². The smallest absolute Gasteiger partial charge is 0.257 e. The molecule has 0 aliphatic rings. The highest BCUT2D eigenvalue weighted by Gasteiger charge is 2.13. The molecule has 0 spiro atoms. The maximum Gasteiger partial charge on any atom is 0.257 e. The number of carbonyl (C=O) groups is 1. The second kappa shape index (κ2) is 7.98. The zero-order valence-electron chi connectivity index (χ0n) is 14.8. The van der Waals surface area contributed by atoms with Gasteiger partial charge in [-0.15, -0.1) is 11.3 Å². The van der Waals surface area contributed by atoms with Crippen molar-refractivity contribution in [3.05, 3.63) is 81.5 Å². The van der Waals surface area contributed by atoms with E-state index in [-0.39, 0.29) is 5.91 Å². The molecule has 6 heteroatoms. The molecule has 4 nitrogen and oxygen atoms in total. The SMILES string of the molecule is Cc1ccsc1CNC(=O)c1ccccc1CSc1nc2ccccc2o1. The molecule has 0 unspecified atom stereocenters. The van der Waals surface area contributed by atoms with Crippen molar-refractivity contribution in [3.8, 4) is 0 Å². The molecule has 2 aromatic carbocycles. The highest BCUT2D eigenvalue weighted by atomic mass is 32.2. The van der Waals surface area contributed by atoms with Crippen LogP contribution in [0.5, 0.6) is 0 Å². The highest BCUT2D eigenvalue weighted by Crippen LogP contribution is 2.27. The van der Waals surface area contributed by atoms with E-state index in [0.717, 1.165) is 16.7 Å². The van der Waals surface area contributed by atoms with E-state index in [1.54, 1.807) is 11.3 Å². The van der Waals surface area contributed by atoms with E-state index in [4.69, 9.17) is 4.42 Å². The standard InChI is InChI=1S/C21H18N2O2S2/c1-14-10-11-26-19(14)12-22-20(24)16-7-3-2-6-15(16)13-27-21-23-17-8-4-5-9-18(17)25-21/h2-11H,12-13H2,1H3,(H,22,24). The molecule has 0 bridgehead atoms. The number of rotatable bonds is 6. The zero-order chi connectivity index (χ0) is 18.6. The number of para-hydroxylation sites is 2. The van der Waals surface area contributed by atoms with Crippen LogP contribution < -0.4 is 5.32 Å². The minimum Gasteiger partial charge on any atom is -0.431 e. The fraction of sp³-hybridized carbons (Fsp3) is 0.143. The van der Waals surface area contributed by atoms with Gasteiger partial charge in [0.05, 0.1) is 6.54 Å². The van der Waals surface area contributed by atoms with Crippen LogP contribution in [0, 0.1) is 6.92 Å². The average molecular weight is 395 g/mol. The Hall–Kier alpha value is -2.57. The first kappa shape index (κ1) is 17.8. The van der Waals surface area contributed by atoms with Gasteiger partial charge < -0.3 is 9.73 Å². The Balaban J connectivity index is 1.45. The Kier molecular flexibility index (Phi) is 5.27. The molecule has 0 atom stereocenters. The third kappa shape index (κ3) is 4.07. The molecule has 4 rings (SSSR count). The van der Waals surface area contributed by atoms with Gasteiger partial charge >= 0.3 is 0 Å². The minimum absolute atomic E-state index is 0.0587. The van der Waals surface area contributed by atoms with Crippen molar-refractivity contribution in [1.82, 2.24) is 10.3 Å². The zero-order valence-corrected chi connectivity index (χ0v) is 16.4. The number of thiophene rings is 1. The fourth-order valence-electron chi connectivity index (χ4n) is 2.76. The Labute approximate surface area is 165 Å². The average Bonchev–Trinajstić information content (AvgIpc) is 3.30. The summed E-state index contributed by atoms with van der Waals surface area (Å²) in [6, 6.07) is 17.4. The van der Waals surface area contributed by atoms with Crippen molar-refractivity contribution >= 4 is 40.1 Å². The molecule has 2 aromatic heterocycles. The van der Waals surface area contributed by atoms with Crippen LogP contribution in [0.15, 0.2) is 69.6 Å². The van der Waals surface area contributed by atoms with Gasteiger partial charge in [0.2, 0.25) is 0 Å². The fourth-order valence-corrected chi connectivity index (χ4v) is 4.45. The maximum atomic E-state index is 12.7. The normalized spacial score (nSPS) is 11.0.